The van der Waals surface area contributed by atoms with Crippen molar-refractivity contribution in [3.63, 3.8) is 0 Å². The van der Waals surface area contributed by atoms with Crippen LogP contribution in [0.15, 0.2) is 12.1 Å². The van der Waals surface area contributed by atoms with E-state index in [1.165, 1.54) is 12.1 Å². The maximum Gasteiger partial charge on any atom is 0.246 e. The van der Waals surface area contributed by atoms with Crippen LogP contribution >= 0.6 is 23.2 Å². The van der Waals surface area contributed by atoms with Gasteiger partial charge in [0.1, 0.15) is 18.5 Å². The minimum atomic E-state index is -0.563. The monoisotopic (exact) mass is 263 g/mol. The molecule has 0 saturated carbocycles. The molecule has 0 bridgehead atoms. The summed E-state index contributed by atoms with van der Waals surface area (Å²) in [5, 5.41) is 2.86. The van der Waals surface area contributed by atoms with E-state index in [0.29, 0.717) is 5.02 Å². The van der Waals surface area contributed by atoms with Gasteiger partial charge >= 0.3 is 0 Å². The Bertz CT molecular complexity index is 429. The Balaban J connectivity index is 2.29. The highest BCUT2D eigenvalue weighted by Crippen LogP contribution is 2.30. The van der Waals surface area contributed by atoms with Crippen LogP contribution in [0.25, 0.3) is 0 Å². The van der Waals surface area contributed by atoms with Gasteiger partial charge in [0.2, 0.25) is 5.91 Å². The number of halogens is 3. The highest BCUT2D eigenvalue weighted by atomic mass is 35.5. The SMILES string of the molecule is O=C1CO[C@@H](c2cc(Cl)cc(Cl)c2F)CN1. The standard InChI is InChI=1S/C10H8Cl2FNO2/c11-5-1-6(10(13)7(12)2-5)8-3-14-9(15)4-16-8/h1-2,8H,3-4H2,(H,14,15)/t8-/m1/s1. The molecule has 1 aromatic carbocycles. The summed E-state index contributed by atoms with van der Waals surface area (Å²) in [4.78, 5) is 10.9. The van der Waals surface area contributed by atoms with Gasteiger partial charge in [0.15, 0.2) is 0 Å². The summed E-state index contributed by atoms with van der Waals surface area (Å²) in [6.45, 7) is 0.126. The van der Waals surface area contributed by atoms with Crippen molar-refractivity contribution in [2.75, 3.05) is 13.2 Å². The fraction of sp³-hybridized carbons (Fsp3) is 0.300. The van der Waals surface area contributed by atoms with Gasteiger partial charge < -0.3 is 10.1 Å². The van der Waals surface area contributed by atoms with Crippen molar-refractivity contribution in [2.24, 2.45) is 0 Å². The van der Waals surface area contributed by atoms with E-state index in [4.69, 9.17) is 27.9 Å². The molecule has 3 nitrogen and oxygen atoms in total. The molecule has 1 aromatic rings. The first-order valence-electron chi connectivity index (χ1n) is 4.60. The third kappa shape index (κ3) is 2.29. The molecule has 1 fully saturated rings. The first-order valence-corrected chi connectivity index (χ1v) is 5.36. The van der Waals surface area contributed by atoms with Crippen molar-refractivity contribution in [1.29, 1.82) is 0 Å². The minimum absolute atomic E-state index is 0.0528. The van der Waals surface area contributed by atoms with Gasteiger partial charge in [0, 0.05) is 17.1 Å². The summed E-state index contributed by atoms with van der Waals surface area (Å²) >= 11 is 11.4. The largest absolute Gasteiger partial charge is 0.362 e. The van der Waals surface area contributed by atoms with Crippen molar-refractivity contribution >= 4 is 29.1 Å². The fourth-order valence-electron chi connectivity index (χ4n) is 1.50. The number of hydrogen-bond acceptors (Lipinski definition) is 2. The Morgan fingerprint density at radius 3 is 2.81 bits per heavy atom. The first kappa shape index (κ1) is 11.6. The van der Waals surface area contributed by atoms with Crippen molar-refractivity contribution in [1.82, 2.24) is 5.32 Å². The van der Waals surface area contributed by atoms with Gasteiger partial charge in [-0.2, -0.15) is 0 Å². The van der Waals surface area contributed by atoms with E-state index < -0.39 is 11.9 Å². The molecule has 0 unspecified atom stereocenters. The molecule has 1 heterocycles. The van der Waals surface area contributed by atoms with Crippen molar-refractivity contribution in [2.45, 2.75) is 6.10 Å². The van der Waals surface area contributed by atoms with Gasteiger partial charge in [-0.05, 0) is 12.1 Å². The zero-order chi connectivity index (χ0) is 11.7. The van der Waals surface area contributed by atoms with E-state index in [0.717, 1.165) is 0 Å². The highest BCUT2D eigenvalue weighted by molar-refractivity contribution is 6.34. The maximum atomic E-state index is 13.7. The Kier molecular flexibility index (Phi) is 3.33. The Hall–Kier alpha value is -0.840. The zero-order valence-corrected chi connectivity index (χ0v) is 9.61. The third-order valence-corrected chi connectivity index (χ3v) is 2.76. The molecule has 1 saturated heterocycles. The minimum Gasteiger partial charge on any atom is -0.362 e. The number of amides is 1. The number of carbonyl (C=O) groups excluding carboxylic acids is 1. The molecule has 1 aliphatic heterocycles. The Morgan fingerprint density at radius 1 is 1.44 bits per heavy atom. The van der Waals surface area contributed by atoms with Crippen LogP contribution in [-0.4, -0.2) is 19.1 Å². The van der Waals surface area contributed by atoms with Gasteiger partial charge in [-0.25, -0.2) is 4.39 Å². The van der Waals surface area contributed by atoms with Gasteiger partial charge in [0.05, 0.1) is 5.02 Å². The molecule has 1 atom stereocenters. The molecule has 6 heteroatoms. The summed E-state index contributed by atoms with van der Waals surface area (Å²) in [5.41, 5.74) is 0.262. The molecule has 0 radical (unpaired) electrons. The third-order valence-electron chi connectivity index (χ3n) is 2.27. The predicted molar refractivity (Wildman–Crippen MR) is 58.1 cm³/mol. The molecular formula is C10H8Cl2FNO2. The summed E-state index contributed by atoms with van der Waals surface area (Å²) in [5.74, 6) is -0.781. The maximum absolute atomic E-state index is 13.7. The smallest absolute Gasteiger partial charge is 0.246 e. The number of morpholine rings is 1. The normalized spacial score (nSPS) is 20.7. The zero-order valence-electron chi connectivity index (χ0n) is 8.10. The van der Waals surface area contributed by atoms with Gasteiger partial charge in [-0.3, -0.25) is 4.79 Å². The van der Waals surface area contributed by atoms with E-state index in [1.54, 1.807) is 0 Å². The summed E-state index contributed by atoms with van der Waals surface area (Å²) in [7, 11) is 0. The van der Waals surface area contributed by atoms with Crippen molar-refractivity contribution in [3.05, 3.63) is 33.6 Å². The molecular weight excluding hydrogens is 256 g/mol. The summed E-state index contributed by atoms with van der Waals surface area (Å²) < 4.78 is 18.9. The van der Waals surface area contributed by atoms with Crippen LogP contribution in [0.3, 0.4) is 0 Å². The van der Waals surface area contributed by atoms with Gasteiger partial charge in [0.25, 0.3) is 0 Å². The second kappa shape index (κ2) is 4.57. The van der Waals surface area contributed by atoms with Crippen LogP contribution in [0, 0.1) is 5.82 Å². The Morgan fingerprint density at radius 2 is 2.19 bits per heavy atom. The Labute approximate surface area is 101 Å². The summed E-state index contributed by atoms with van der Waals surface area (Å²) in [6.07, 6.45) is -0.547. The second-order valence-corrected chi connectivity index (χ2v) is 4.24. The van der Waals surface area contributed by atoms with Crippen molar-refractivity contribution in [3.8, 4) is 0 Å². The summed E-state index contributed by atoms with van der Waals surface area (Å²) in [6, 6.07) is 2.77. The molecule has 2 rings (SSSR count). The number of benzene rings is 1. The lowest BCUT2D eigenvalue weighted by atomic mass is 10.1. The number of rotatable bonds is 1. The lowest BCUT2D eigenvalue weighted by molar-refractivity contribution is -0.133. The van der Waals surface area contributed by atoms with Crippen LogP contribution in [-0.2, 0) is 9.53 Å². The average molecular weight is 264 g/mol. The number of hydrogen-bond donors (Lipinski definition) is 1. The van der Waals surface area contributed by atoms with Gasteiger partial charge in [-0.1, -0.05) is 23.2 Å². The van der Waals surface area contributed by atoms with Crippen LogP contribution in [0.1, 0.15) is 11.7 Å². The van der Waals surface area contributed by atoms with E-state index in [9.17, 15) is 9.18 Å². The number of nitrogens with one attached hydrogen (secondary N) is 1. The second-order valence-electron chi connectivity index (χ2n) is 3.39. The molecule has 0 aliphatic carbocycles. The van der Waals surface area contributed by atoms with Crippen LogP contribution in [0.2, 0.25) is 10.0 Å². The molecule has 1 N–H and O–H groups in total. The first-order chi connectivity index (χ1) is 7.58. The molecule has 0 spiro atoms. The molecule has 16 heavy (non-hydrogen) atoms. The topological polar surface area (TPSA) is 38.3 Å². The van der Waals surface area contributed by atoms with E-state index >= 15 is 0 Å². The average Bonchev–Trinajstić information content (AvgIpc) is 2.25. The van der Waals surface area contributed by atoms with E-state index in [1.807, 2.05) is 0 Å². The number of ether oxygens (including phenoxy) is 1. The molecule has 1 aliphatic rings. The lowest BCUT2D eigenvalue weighted by Gasteiger charge is -2.24. The highest BCUT2D eigenvalue weighted by Gasteiger charge is 2.24. The van der Waals surface area contributed by atoms with E-state index in [-0.39, 0.29) is 29.6 Å². The fourth-order valence-corrected chi connectivity index (χ4v) is 2.01. The quantitative estimate of drug-likeness (QED) is 0.790. The molecule has 1 amide bonds. The van der Waals surface area contributed by atoms with Crippen molar-refractivity contribution < 1.29 is 13.9 Å². The predicted octanol–water partition coefficient (Wildman–Crippen LogP) is 2.32. The van der Waals surface area contributed by atoms with Crippen LogP contribution < -0.4 is 5.32 Å². The van der Waals surface area contributed by atoms with Crippen LogP contribution in [0.5, 0.6) is 0 Å². The molecule has 86 valence electrons. The lowest BCUT2D eigenvalue weighted by Crippen LogP contribution is -2.39. The van der Waals surface area contributed by atoms with Crippen LogP contribution in [0.4, 0.5) is 4.39 Å². The van der Waals surface area contributed by atoms with Gasteiger partial charge in [-0.15, -0.1) is 0 Å². The number of carbonyl (C=O) groups is 1. The van der Waals surface area contributed by atoms with E-state index in [2.05, 4.69) is 5.32 Å². The molecule has 0 aromatic heterocycles.